The standard InChI is InChI=1S/C68H127NO10/c1-3-5-7-9-11-13-15-16-28-31-35-38-42-46-50-54-61(71)60(59-78-68-67(76)66(75)65(74)62(58-70)79-68)69-63(72)55-51-47-43-39-36-32-29-26-24-22-20-18-17-19-21-23-25-27-30-33-37-41-45-49-53-57-77-64(73)56-52-48-44-40-34-14-12-10-8-6-4-2/h15-16,35,38,50,54,60-62,65-68,70-71,74-76H,3-14,17-34,36-37,39-49,51-53,55-59H2,1-2H3,(H,69,72)/b16-15+,38-35+,54-50+. The first-order valence-electron chi connectivity index (χ1n) is 33.8. The minimum absolute atomic E-state index is 0.00514. The number of nitrogens with one attached hydrogen (secondary N) is 1. The number of carbonyl (C=O) groups is 2. The van der Waals surface area contributed by atoms with E-state index < -0.39 is 49.5 Å². The van der Waals surface area contributed by atoms with E-state index in [9.17, 15) is 35.1 Å². The van der Waals surface area contributed by atoms with E-state index in [-0.39, 0.29) is 18.5 Å². The van der Waals surface area contributed by atoms with Crippen LogP contribution in [0.2, 0.25) is 0 Å². The maximum absolute atomic E-state index is 13.1. The van der Waals surface area contributed by atoms with E-state index in [1.165, 1.54) is 225 Å². The minimum atomic E-state index is -1.58. The predicted octanol–water partition coefficient (Wildman–Crippen LogP) is 16.6. The van der Waals surface area contributed by atoms with Gasteiger partial charge < -0.3 is 45.1 Å². The van der Waals surface area contributed by atoms with Crippen LogP contribution >= 0.6 is 0 Å². The summed E-state index contributed by atoms with van der Waals surface area (Å²) in [7, 11) is 0. The van der Waals surface area contributed by atoms with E-state index in [0.29, 0.717) is 19.4 Å². The van der Waals surface area contributed by atoms with Crippen molar-refractivity contribution < 1.29 is 49.3 Å². The molecule has 0 saturated carbocycles. The average Bonchev–Trinajstić information content (AvgIpc) is 3.50. The molecule has 0 radical (unpaired) electrons. The number of allylic oxidation sites excluding steroid dienone is 5. The minimum Gasteiger partial charge on any atom is -0.466 e. The number of hydrogen-bond donors (Lipinski definition) is 6. The number of ether oxygens (including phenoxy) is 3. The highest BCUT2D eigenvalue weighted by molar-refractivity contribution is 5.76. The zero-order chi connectivity index (χ0) is 57.3. The lowest BCUT2D eigenvalue weighted by Crippen LogP contribution is -2.60. The third-order valence-electron chi connectivity index (χ3n) is 16.0. The summed E-state index contributed by atoms with van der Waals surface area (Å²) >= 11 is 0. The Morgan fingerprint density at radius 2 is 0.823 bits per heavy atom. The van der Waals surface area contributed by atoms with Gasteiger partial charge in [-0.3, -0.25) is 9.59 Å². The number of unbranched alkanes of at least 4 members (excludes halogenated alkanes) is 41. The molecule has 11 heteroatoms. The van der Waals surface area contributed by atoms with E-state index in [1.807, 2.05) is 6.08 Å². The monoisotopic (exact) mass is 1120 g/mol. The van der Waals surface area contributed by atoms with Crippen LogP contribution in [0.3, 0.4) is 0 Å². The van der Waals surface area contributed by atoms with E-state index in [2.05, 4.69) is 43.5 Å². The molecule has 1 aliphatic heterocycles. The van der Waals surface area contributed by atoms with Gasteiger partial charge in [0.2, 0.25) is 5.91 Å². The Morgan fingerprint density at radius 1 is 0.456 bits per heavy atom. The van der Waals surface area contributed by atoms with Crippen molar-refractivity contribution in [2.45, 2.75) is 365 Å². The average molecular weight is 1120 g/mol. The summed E-state index contributed by atoms with van der Waals surface area (Å²) in [6, 6.07) is -0.834. The van der Waals surface area contributed by atoms with Gasteiger partial charge in [-0.15, -0.1) is 0 Å². The maximum Gasteiger partial charge on any atom is 0.305 e. The molecule has 1 aliphatic rings. The van der Waals surface area contributed by atoms with Crippen molar-refractivity contribution in [3.8, 4) is 0 Å². The third-order valence-corrected chi connectivity index (χ3v) is 16.0. The van der Waals surface area contributed by atoms with Crippen molar-refractivity contribution in [1.29, 1.82) is 0 Å². The Hall–Kier alpha value is -2.12. The second-order valence-electron chi connectivity index (χ2n) is 23.5. The fourth-order valence-electron chi connectivity index (χ4n) is 10.6. The molecule has 1 amide bonds. The Labute approximate surface area is 485 Å². The van der Waals surface area contributed by atoms with Crippen molar-refractivity contribution in [3.63, 3.8) is 0 Å². The molecule has 1 fully saturated rings. The van der Waals surface area contributed by atoms with Crippen LogP contribution in [-0.2, 0) is 23.8 Å². The molecule has 0 aromatic carbocycles. The van der Waals surface area contributed by atoms with Crippen LogP contribution in [0, 0.1) is 0 Å². The van der Waals surface area contributed by atoms with E-state index in [0.717, 1.165) is 70.6 Å². The first-order valence-corrected chi connectivity index (χ1v) is 33.8. The van der Waals surface area contributed by atoms with Crippen LogP contribution in [0.25, 0.3) is 0 Å². The van der Waals surface area contributed by atoms with Crippen LogP contribution in [0.1, 0.15) is 322 Å². The third kappa shape index (κ3) is 47.0. The van der Waals surface area contributed by atoms with Crippen molar-refractivity contribution in [2.75, 3.05) is 19.8 Å². The molecule has 79 heavy (non-hydrogen) atoms. The van der Waals surface area contributed by atoms with E-state index in [1.54, 1.807) is 6.08 Å². The Bertz CT molecular complexity index is 1410. The molecular weight excluding hydrogens is 991 g/mol. The second kappa shape index (κ2) is 57.7. The second-order valence-corrected chi connectivity index (χ2v) is 23.5. The van der Waals surface area contributed by atoms with Crippen molar-refractivity contribution >= 4 is 11.9 Å². The normalized spacial score (nSPS) is 18.6. The number of carbonyl (C=O) groups excluding carboxylic acids is 2. The molecule has 0 aromatic rings. The SMILES string of the molecule is CCCCCCC/C=C/CC/C=C/CC/C=C/C(O)C(COC1OC(CO)C(O)C(O)C1O)NC(=O)CCCCCCCCCCCCCCCCCCCCCCCCCCCOC(=O)CCCCCCCCCCCCC. The highest BCUT2D eigenvalue weighted by atomic mass is 16.7. The van der Waals surface area contributed by atoms with Gasteiger partial charge in [0.05, 0.1) is 32.0 Å². The maximum atomic E-state index is 13.1. The molecule has 464 valence electrons. The molecule has 0 aliphatic carbocycles. The fraction of sp³-hybridized carbons (Fsp3) is 0.882. The van der Waals surface area contributed by atoms with Crippen LogP contribution in [-0.4, -0.2) is 100 Å². The largest absolute Gasteiger partial charge is 0.466 e. The molecule has 1 rings (SSSR count). The van der Waals surface area contributed by atoms with Gasteiger partial charge in [-0.1, -0.05) is 288 Å². The van der Waals surface area contributed by atoms with E-state index >= 15 is 0 Å². The number of rotatable bonds is 59. The van der Waals surface area contributed by atoms with Gasteiger partial charge in [-0.05, 0) is 57.8 Å². The number of amides is 1. The summed E-state index contributed by atoms with van der Waals surface area (Å²) in [5, 5.41) is 54.5. The van der Waals surface area contributed by atoms with Crippen LogP contribution in [0.15, 0.2) is 36.5 Å². The summed E-state index contributed by atoms with van der Waals surface area (Å²) in [4.78, 5) is 25.1. The van der Waals surface area contributed by atoms with Gasteiger partial charge in [-0.2, -0.15) is 0 Å². The molecule has 7 atom stereocenters. The highest BCUT2D eigenvalue weighted by Crippen LogP contribution is 2.23. The molecular formula is C68H127NO10. The summed E-state index contributed by atoms with van der Waals surface area (Å²) in [6.07, 6.45) is 62.6. The zero-order valence-corrected chi connectivity index (χ0v) is 51.3. The molecule has 11 nitrogen and oxygen atoms in total. The molecule has 0 aromatic heterocycles. The topological polar surface area (TPSA) is 175 Å². The lowest BCUT2D eigenvalue weighted by molar-refractivity contribution is -0.302. The summed E-state index contributed by atoms with van der Waals surface area (Å²) in [6.45, 7) is 4.33. The number of aliphatic hydroxyl groups excluding tert-OH is 5. The molecule has 1 saturated heterocycles. The quantitative estimate of drug-likeness (QED) is 0.0195. The Morgan fingerprint density at radius 3 is 1.25 bits per heavy atom. The Balaban J connectivity index is 2.03. The molecule has 0 bridgehead atoms. The lowest BCUT2D eigenvalue weighted by Gasteiger charge is -2.40. The molecule has 7 unspecified atom stereocenters. The van der Waals surface area contributed by atoms with Crippen molar-refractivity contribution in [2.24, 2.45) is 0 Å². The van der Waals surface area contributed by atoms with Crippen molar-refractivity contribution in [1.82, 2.24) is 5.32 Å². The summed E-state index contributed by atoms with van der Waals surface area (Å²) < 4.78 is 16.7. The van der Waals surface area contributed by atoms with Gasteiger partial charge in [-0.25, -0.2) is 0 Å². The molecule has 1 heterocycles. The lowest BCUT2D eigenvalue weighted by atomic mass is 9.99. The van der Waals surface area contributed by atoms with E-state index in [4.69, 9.17) is 14.2 Å². The van der Waals surface area contributed by atoms with Crippen LogP contribution < -0.4 is 5.32 Å². The fourth-order valence-corrected chi connectivity index (χ4v) is 10.6. The predicted molar refractivity (Wildman–Crippen MR) is 329 cm³/mol. The Kier molecular flexibility index (Phi) is 54.7. The van der Waals surface area contributed by atoms with Gasteiger partial charge in [0.25, 0.3) is 0 Å². The number of esters is 1. The molecule has 0 spiro atoms. The van der Waals surface area contributed by atoms with Gasteiger partial charge in [0, 0.05) is 12.8 Å². The smallest absolute Gasteiger partial charge is 0.305 e. The van der Waals surface area contributed by atoms with Gasteiger partial charge in [0.1, 0.15) is 24.4 Å². The molecule has 6 N–H and O–H groups in total. The van der Waals surface area contributed by atoms with Gasteiger partial charge in [0.15, 0.2) is 6.29 Å². The van der Waals surface area contributed by atoms with Crippen LogP contribution in [0.5, 0.6) is 0 Å². The summed E-state index contributed by atoms with van der Waals surface area (Å²) in [5.74, 6) is -0.188. The zero-order valence-electron chi connectivity index (χ0n) is 51.3. The van der Waals surface area contributed by atoms with Crippen LogP contribution in [0.4, 0.5) is 0 Å². The first kappa shape index (κ1) is 74.9. The van der Waals surface area contributed by atoms with Crippen molar-refractivity contribution in [3.05, 3.63) is 36.5 Å². The summed E-state index contributed by atoms with van der Waals surface area (Å²) in [5.41, 5.74) is 0. The number of hydrogen-bond acceptors (Lipinski definition) is 10. The highest BCUT2D eigenvalue weighted by Gasteiger charge is 2.44. The first-order chi connectivity index (χ1) is 38.7. The number of aliphatic hydroxyl groups is 5. The van der Waals surface area contributed by atoms with Gasteiger partial charge >= 0.3 is 5.97 Å².